The highest BCUT2D eigenvalue weighted by Crippen LogP contribution is 2.30. The number of nitrogen functional groups attached to an aromatic ring is 1. The number of rotatable bonds is 3. The molecule has 112 valence electrons. The summed E-state index contributed by atoms with van der Waals surface area (Å²) in [5.41, 5.74) is 6.56. The first-order valence-corrected chi connectivity index (χ1v) is 7.32. The van der Waals surface area contributed by atoms with E-state index in [0.717, 1.165) is 19.5 Å². The Morgan fingerprint density at radius 1 is 1.67 bits per heavy atom. The van der Waals surface area contributed by atoms with E-state index in [9.17, 15) is 0 Å². The monoisotopic (exact) mass is 306 g/mol. The third-order valence-electron chi connectivity index (χ3n) is 4.17. The molecule has 1 saturated heterocycles. The minimum Gasteiger partial charge on any atom is -0.382 e. The van der Waals surface area contributed by atoms with E-state index in [1.54, 1.807) is 16.8 Å². The van der Waals surface area contributed by atoms with Gasteiger partial charge in [0.25, 0.3) is 0 Å². The van der Waals surface area contributed by atoms with Gasteiger partial charge in [0.2, 0.25) is 5.95 Å². The molecule has 0 aromatic carbocycles. The Kier molecular flexibility index (Phi) is 3.51. The number of halogens is 1. The van der Waals surface area contributed by atoms with E-state index >= 15 is 0 Å². The molecule has 2 aromatic heterocycles. The van der Waals surface area contributed by atoms with Crippen molar-refractivity contribution in [1.29, 1.82) is 0 Å². The molecule has 0 saturated carbocycles. The van der Waals surface area contributed by atoms with E-state index in [0.29, 0.717) is 22.3 Å². The zero-order valence-electron chi connectivity index (χ0n) is 11.9. The number of aromatic nitrogens is 3. The van der Waals surface area contributed by atoms with Crippen molar-refractivity contribution in [2.24, 2.45) is 5.41 Å². The molecule has 0 aliphatic carbocycles. The fraction of sp³-hybridized carbons (Fsp3) is 0.429. The third kappa shape index (κ3) is 2.45. The van der Waals surface area contributed by atoms with E-state index in [1.807, 2.05) is 6.08 Å². The van der Waals surface area contributed by atoms with Gasteiger partial charge in [-0.2, -0.15) is 4.98 Å². The first-order valence-electron chi connectivity index (χ1n) is 6.95. The molecular weight excluding hydrogens is 288 g/mol. The molecular formula is C14H19ClN6. The van der Waals surface area contributed by atoms with Crippen molar-refractivity contribution < 1.29 is 0 Å². The first-order chi connectivity index (χ1) is 10.0. The van der Waals surface area contributed by atoms with E-state index in [2.05, 4.69) is 34.2 Å². The van der Waals surface area contributed by atoms with Crippen LogP contribution in [0.1, 0.15) is 13.3 Å². The molecule has 2 aromatic rings. The van der Waals surface area contributed by atoms with Crippen LogP contribution in [0.5, 0.6) is 0 Å². The topological polar surface area (TPSA) is 80.3 Å². The van der Waals surface area contributed by atoms with Gasteiger partial charge >= 0.3 is 0 Å². The second-order valence-corrected chi connectivity index (χ2v) is 6.06. The first kappa shape index (κ1) is 14.2. The predicted octanol–water partition coefficient (Wildman–Crippen LogP) is 1.93. The lowest BCUT2D eigenvalue weighted by molar-refractivity contribution is 0.275. The zero-order chi connectivity index (χ0) is 15.0. The number of hydrogen-bond acceptors (Lipinski definition) is 5. The molecule has 0 amide bonds. The lowest BCUT2D eigenvalue weighted by Crippen LogP contribution is -2.50. The van der Waals surface area contributed by atoms with Crippen molar-refractivity contribution in [2.75, 3.05) is 24.1 Å². The van der Waals surface area contributed by atoms with Gasteiger partial charge < -0.3 is 16.4 Å². The van der Waals surface area contributed by atoms with Gasteiger partial charge in [-0.25, -0.2) is 4.52 Å². The van der Waals surface area contributed by atoms with Crippen LogP contribution in [-0.2, 0) is 0 Å². The molecule has 2 atom stereocenters. The Bertz CT molecular complexity index is 681. The Balaban J connectivity index is 1.92. The van der Waals surface area contributed by atoms with Gasteiger partial charge in [-0.3, -0.25) is 0 Å². The molecule has 0 bridgehead atoms. The molecule has 3 rings (SSSR count). The summed E-state index contributed by atoms with van der Waals surface area (Å²) >= 11 is 6.07. The van der Waals surface area contributed by atoms with Crippen molar-refractivity contribution in [3.8, 4) is 0 Å². The number of anilines is 2. The average Bonchev–Trinajstić information content (AvgIpc) is 2.83. The SMILES string of the molecule is C=CC1(C)CNCC[C@@H]1Nc1nc(N)c2c(Cl)ccn2n1. The van der Waals surface area contributed by atoms with Gasteiger partial charge in [0.05, 0.1) is 5.02 Å². The van der Waals surface area contributed by atoms with Gasteiger partial charge in [-0.1, -0.05) is 24.6 Å². The Hall–Kier alpha value is -1.79. The van der Waals surface area contributed by atoms with Gasteiger partial charge in [0, 0.05) is 24.2 Å². The highest BCUT2D eigenvalue weighted by atomic mass is 35.5. The quantitative estimate of drug-likeness (QED) is 0.755. The summed E-state index contributed by atoms with van der Waals surface area (Å²) in [5, 5.41) is 11.8. The molecule has 3 heterocycles. The molecule has 7 heteroatoms. The maximum Gasteiger partial charge on any atom is 0.243 e. The molecule has 1 fully saturated rings. The molecule has 21 heavy (non-hydrogen) atoms. The second-order valence-electron chi connectivity index (χ2n) is 5.65. The van der Waals surface area contributed by atoms with Crippen LogP contribution in [-0.4, -0.2) is 33.7 Å². The van der Waals surface area contributed by atoms with Gasteiger partial charge in [0.15, 0.2) is 5.82 Å². The van der Waals surface area contributed by atoms with Crippen LogP contribution < -0.4 is 16.4 Å². The lowest BCUT2D eigenvalue weighted by Gasteiger charge is -2.40. The number of nitrogens with one attached hydrogen (secondary N) is 2. The lowest BCUT2D eigenvalue weighted by atomic mass is 9.78. The van der Waals surface area contributed by atoms with E-state index in [4.69, 9.17) is 17.3 Å². The number of nitrogens with zero attached hydrogens (tertiary/aromatic N) is 3. The van der Waals surface area contributed by atoms with Gasteiger partial charge in [-0.05, 0) is 19.0 Å². The van der Waals surface area contributed by atoms with Crippen LogP contribution in [0.15, 0.2) is 24.9 Å². The number of hydrogen-bond donors (Lipinski definition) is 3. The van der Waals surface area contributed by atoms with Crippen molar-refractivity contribution in [3.63, 3.8) is 0 Å². The van der Waals surface area contributed by atoms with E-state index in [1.165, 1.54) is 0 Å². The maximum atomic E-state index is 6.07. The van der Waals surface area contributed by atoms with Crippen molar-refractivity contribution in [1.82, 2.24) is 19.9 Å². The molecule has 4 N–H and O–H groups in total. The molecule has 1 aliphatic heterocycles. The predicted molar refractivity (Wildman–Crippen MR) is 85.6 cm³/mol. The van der Waals surface area contributed by atoms with Gasteiger partial charge in [-0.15, -0.1) is 11.7 Å². The molecule has 6 nitrogen and oxygen atoms in total. The number of fused-ring (bicyclic) bond motifs is 1. The molecule has 1 aliphatic rings. The summed E-state index contributed by atoms with van der Waals surface area (Å²) in [7, 11) is 0. The largest absolute Gasteiger partial charge is 0.382 e. The summed E-state index contributed by atoms with van der Waals surface area (Å²) in [4.78, 5) is 4.32. The molecule has 1 unspecified atom stereocenters. The Morgan fingerprint density at radius 3 is 3.24 bits per heavy atom. The summed E-state index contributed by atoms with van der Waals surface area (Å²) in [6.07, 6.45) is 4.72. The number of nitrogens with two attached hydrogens (primary N) is 1. The van der Waals surface area contributed by atoms with E-state index in [-0.39, 0.29) is 11.5 Å². The average molecular weight is 307 g/mol. The van der Waals surface area contributed by atoms with E-state index < -0.39 is 0 Å². The van der Waals surface area contributed by atoms with Crippen LogP contribution in [0, 0.1) is 5.41 Å². The van der Waals surface area contributed by atoms with Gasteiger partial charge in [0.1, 0.15) is 5.52 Å². The zero-order valence-corrected chi connectivity index (χ0v) is 12.7. The van der Waals surface area contributed by atoms with Crippen LogP contribution in [0.4, 0.5) is 11.8 Å². The van der Waals surface area contributed by atoms with Crippen molar-refractivity contribution in [2.45, 2.75) is 19.4 Å². The Morgan fingerprint density at radius 2 is 2.48 bits per heavy atom. The number of piperidine rings is 1. The standard InChI is InChI=1S/C14H19ClN6/c1-3-14(2)8-17-6-4-10(14)18-13-19-12(16)11-9(15)5-7-21(11)20-13/h3,5,7,10,17H,1,4,6,8H2,2H3,(H3,16,18,19,20)/t10-,14?/m0/s1. The minimum atomic E-state index is -0.0559. The summed E-state index contributed by atoms with van der Waals surface area (Å²) in [6.45, 7) is 7.94. The maximum absolute atomic E-state index is 6.07. The molecule has 0 radical (unpaired) electrons. The van der Waals surface area contributed by atoms with Crippen LogP contribution in [0.2, 0.25) is 5.02 Å². The highest BCUT2D eigenvalue weighted by molar-refractivity contribution is 6.34. The smallest absolute Gasteiger partial charge is 0.243 e. The van der Waals surface area contributed by atoms with Crippen molar-refractivity contribution in [3.05, 3.63) is 29.9 Å². The van der Waals surface area contributed by atoms with Crippen LogP contribution in [0.25, 0.3) is 5.52 Å². The summed E-state index contributed by atoms with van der Waals surface area (Å²) < 4.78 is 1.65. The fourth-order valence-electron chi connectivity index (χ4n) is 2.74. The summed E-state index contributed by atoms with van der Waals surface area (Å²) in [6, 6.07) is 1.96. The highest BCUT2D eigenvalue weighted by Gasteiger charge is 2.34. The van der Waals surface area contributed by atoms with Crippen molar-refractivity contribution >= 4 is 28.9 Å². The van der Waals surface area contributed by atoms with Crippen LogP contribution >= 0.6 is 11.6 Å². The molecule has 0 spiro atoms. The fourth-order valence-corrected chi connectivity index (χ4v) is 2.98. The second kappa shape index (κ2) is 5.20. The van der Waals surface area contributed by atoms with Crippen LogP contribution in [0.3, 0.4) is 0 Å². The minimum absolute atomic E-state index is 0.0559. The summed E-state index contributed by atoms with van der Waals surface area (Å²) in [5.74, 6) is 0.879. The third-order valence-corrected chi connectivity index (χ3v) is 4.48. The normalized spacial score (nSPS) is 25.9. The Labute approximate surface area is 128 Å².